The lowest BCUT2D eigenvalue weighted by molar-refractivity contribution is -0.116. The lowest BCUT2D eigenvalue weighted by Crippen LogP contribution is -2.20. The first-order chi connectivity index (χ1) is 14.5. The van der Waals surface area contributed by atoms with Gasteiger partial charge < -0.3 is 10.1 Å². The second-order valence-corrected chi connectivity index (χ2v) is 7.93. The van der Waals surface area contributed by atoms with E-state index in [0.717, 1.165) is 5.69 Å². The molecule has 0 saturated carbocycles. The summed E-state index contributed by atoms with van der Waals surface area (Å²) in [5, 5.41) is 2.74. The largest absolute Gasteiger partial charge is 0.495 e. The van der Waals surface area contributed by atoms with Crippen LogP contribution in [-0.2, 0) is 21.4 Å². The average Bonchev–Trinajstić information content (AvgIpc) is 2.77. The Hall–Kier alpha value is -3.65. The Balaban J connectivity index is 1.62. The van der Waals surface area contributed by atoms with Crippen LogP contribution in [0.3, 0.4) is 0 Å². The molecule has 0 spiro atoms. The zero-order valence-corrected chi connectivity index (χ0v) is 17.1. The number of hydrogen-bond donors (Lipinski definition) is 2. The number of anilines is 1. The number of benzene rings is 2. The van der Waals surface area contributed by atoms with Gasteiger partial charge in [0.15, 0.2) is 0 Å². The first-order valence-electron chi connectivity index (χ1n) is 9.10. The fraction of sp³-hybridized carbons (Fsp3) is 0.0909. The fourth-order valence-corrected chi connectivity index (χ4v) is 3.67. The van der Waals surface area contributed by atoms with Crippen LogP contribution < -0.4 is 14.8 Å². The van der Waals surface area contributed by atoms with Crippen LogP contribution >= 0.6 is 0 Å². The van der Waals surface area contributed by atoms with Crippen molar-refractivity contribution in [2.75, 3.05) is 11.8 Å². The van der Waals surface area contributed by atoms with Crippen molar-refractivity contribution in [2.24, 2.45) is 0 Å². The Morgan fingerprint density at radius 2 is 1.77 bits per heavy atom. The number of rotatable bonds is 8. The number of methoxy groups -OCH3 is 1. The van der Waals surface area contributed by atoms with E-state index in [9.17, 15) is 13.2 Å². The number of nitrogens with one attached hydrogen (secondary N) is 2. The molecule has 2 N–H and O–H groups in total. The minimum absolute atomic E-state index is 0.102. The molecule has 0 bridgehead atoms. The molecule has 0 atom stereocenters. The molecule has 1 aromatic heterocycles. The molecule has 8 heteroatoms. The highest BCUT2D eigenvalue weighted by Gasteiger charge is 2.16. The summed E-state index contributed by atoms with van der Waals surface area (Å²) in [6.45, 7) is 0.329. The molecule has 30 heavy (non-hydrogen) atoms. The van der Waals surface area contributed by atoms with Crippen LogP contribution in [0.2, 0.25) is 0 Å². The topological polar surface area (TPSA) is 97.4 Å². The van der Waals surface area contributed by atoms with Crippen molar-refractivity contribution in [3.05, 3.63) is 90.3 Å². The Morgan fingerprint density at radius 3 is 2.47 bits per heavy atom. The number of hydrogen-bond acceptors (Lipinski definition) is 5. The highest BCUT2D eigenvalue weighted by atomic mass is 32.2. The minimum Gasteiger partial charge on any atom is -0.495 e. The van der Waals surface area contributed by atoms with E-state index in [0.29, 0.717) is 23.5 Å². The van der Waals surface area contributed by atoms with Gasteiger partial charge in [-0.25, -0.2) is 8.42 Å². The van der Waals surface area contributed by atoms with Gasteiger partial charge in [-0.3, -0.25) is 14.5 Å². The maximum Gasteiger partial charge on any atom is 0.262 e. The maximum absolute atomic E-state index is 12.6. The zero-order valence-electron chi connectivity index (χ0n) is 16.3. The van der Waals surface area contributed by atoms with Crippen LogP contribution in [0.15, 0.2) is 83.9 Å². The maximum atomic E-state index is 12.6. The molecule has 2 aromatic carbocycles. The van der Waals surface area contributed by atoms with Crippen molar-refractivity contribution >= 4 is 27.7 Å². The Labute approximate surface area is 175 Å². The fourth-order valence-electron chi connectivity index (χ4n) is 2.60. The molecule has 3 rings (SSSR count). The number of ether oxygens (including phenoxy) is 1. The van der Waals surface area contributed by atoms with Crippen LogP contribution in [0.1, 0.15) is 11.3 Å². The Morgan fingerprint density at radius 1 is 1.03 bits per heavy atom. The predicted octanol–water partition coefficient (Wildman–Crippen LogP) is 3.22. The average molecular weight is 423 g/mol. The van der Waals surface area contributed by atoms with E-state index < -0.39 is 10.0 Å². The first-order valence-corrected chi connectivity index (χ1v) is 10.6. The number of carbonyl (C=O) groups is 1. The van der Waals surface area contributed by atoms with Crippen LogP contribution in [0.5, 0.6) is 5.75 Å². The van der Waals surface area contributed by atoms with Crippen LogP contribution in [0.25, 0.3) is 6.08 Å². The summed E-state index contributed by atoms with van der Waals surface area (Å²) in [6, 6.07) is 18.4. The van der Waals surface area contributed by atoms with E-state index in [2.05, 4.69) is 15.0 Å². The van der Waals surface area contributed by atoms with Gasteiger partial charge in [-0.05, 0) is 48.0 Å². The molecule has 0 saturated heterocycles. The van der Waals surface area contributed by atoms with Gasteiger partial charge in [0.1, 0.15) is 5.75 Å². The summed E-state index contributed by atoms with van der Waals surface area (Å²) >= 11 is 0. The molecule has 1 amide bonds. The number of pyridine rings is 1. The SMILES string of the molecule is COc1ccccc1NS(=O)(=O)c1ccc(/C=C/C(=O)NCc2ccccn2)cc1. The third-order valence-corrected chi connectivity index (χ3v) is 5.52. The highest BCUT2D eigenvalue weighted by Crippen LogP contribution is 2.26. The molecule has 0 radical (unpaired) electrons. The molecule has 0 fully saturated rings. The van der Waals surface area contributed by atoms with Crippen molar-refractivity contribution in [3.63, 3.8) is 0 Å². The Bertz CT molecular complexity index is 1130. The van der Waals surface area contributed by atoms with E-state index in [1.54, 1.807) is 54.7 Å². The minimum atomic E-state index is -3.77. The van der Waals surface area contributed by atoms with E-state index in [1.807, 2.05) is 12.1 Å². The zero-order chi connectivity index (χ0) is 21.4. The third-order valence-electron chi connectivity index (χ3n) is 4.14. The van der Waals surface area contributed by atoms with E-state index in [1.165, 1.54) is 25.3 Å². The highest BCUT2D eigenvalue weighted by molar-refractivity contribution is 7.92. The molecule has 0 aliphatic carbocycles. The van der Waals surface area contributed by atoms with Crippen LogP contribution in [0.4, 0.5) is 5.69 Å². The molecule has 0 aliphatic heterocycles. The number of para-hydroxylation sites is 2. The first kappa shape index (κ1) is 21.1. The van der Waals surface area contributed by atoms with Crippen molar-refractivity contribution in [3.8, 4) is 5.75 Å². The normalized spacial score (nSPS) is 11.2. The molecule has 7 nitrogen and oxygen atoms in total. The van der Waals surface area contributed by atoms with Crippen molar-refractivity contribution in [2.45, 2.75) is 11.4 Å². The monoisotopic (exact) mass is 423 g/mol. The molecular weight excluding hydrogens is 402 g/mol. The van der Waals surface area contributed by atoms with E-state index >= 15 is 0 Å². The van der Waals surface area contributed by atoms with Crippen LogP contribution in [0, 0.1) is 0 Å². The summed E-state index contributed by atoms with van der Waals surface area (Å²) in [5.74, 6) is 0.160. The van der Waals surface area contributed by atoms with Gasteiger partial charge in [-0.15, -0.1) is 0 Å². The van der Waals surface area contributed by atoms with E-state index in [-0.39, 0.29) is 10.8 Å². The predicted molar refractivity (Wildman–Crippen MR) is 115 cm³/mol. The molecule has 0 unspecified atom stereocenters. The molecular formula is C22H21N3O4S. The van der Waals surface area contributed by atoms with Gasteiger partial charge >= 0.3 is 0 Å². The number of sulfonamides is 1. The van der Waals surface area contributed by atoms with Gasteiger partial charge in [-0.1, -0.05) is 30.3 Å². The summed E-state index contributed by atoms with van der Waals surface area (Å²) < 4.78 is 32.9. The summed E-state index contributed by atoms with van der Waals surface area (Å²) in [4.78, 5) is 16.2. The van der Waals surface area contributed by atoms with Gasteiger partial charge in [0.05, 0.1) is 29.9 Å². The Kier molecular flexibility index (Phi) is 6.82. The summed E-state index contributed by atoms with van der Waals surface area (Å²) in [5.41, 5.74) is 1.81. The molecule has 0 aliphatic rings. The smallest absolute Gasteiger partial charge is 0.262 e. The molecule has 1 heterocycles. The van der Waals surface area contributed by atoms with Crippen molar-refractivity contribution < 1.29 is 17.9 Å². The lowest BCUT2D eigenvalue weighted by Gasteiger charge is -2.11. The summed E-state index contributed by atoms with van der Waals surface area (Å²) in [7, 11) is -2.30. The van der Waals surface area contributed by atoms with Gasteiger partial charge in [-0.2, -0.15) is 0 Å². The lowest BCUT2D eigenvalue weighted by atomic mass is 10.2. The number of aromatic nitrogens is 1. The number of carbonyl (C=O) groups excluding carboxylic acids is 1. The summed E-state index contributed by atoms with van der Waals surface area (Å²) in [6.07, 6.45) is 4.66. The van der Waals surface area contributed by atoms with Crippen molar-refractivity contribution in [1.29, 1.82) is 0 Å². The van der Waals surface area contributed by atoms with Gasteiger partial charge in [0.2, 0.25) is 5.91 Å². The van der Waals surface area contributed by atoms with Gasteiger partial charge in [0.25, 0.3) is 10.0 Å². The molecule has 154 valence electrons. The van der Waals surface area contributed by atoms with Gasteiger partial charge in [0, 0.05) is 12.3 Å². The standard InChI is InChI=1S/C22H21N3O4S/c1-29-21-8-3-2-7-20(21)25-30(27,28)19-12-9-17(10-13-19)11-14-22(26)24-16-18-6-4-5-15-23-18/h2-15,25H,16H2,1H3,(H,24,26)/b14-11+. The third kappa shape index (κ3) is 5.68. The van der Waals surface area contributed by atoms with Crippen molar-refractivity contribution in [1.82, 2.24) is 10.3 Å². The second kappa shape index (κ2) is 9.71. The second-order valence-electron chi connectivity index (χ2n) is 6.25. The number of nitrogens with zero attached hydrogens (tertiary/aromatic N) is 1. The van der Waals surface area contributed by atoms with E-state index in [4.69, 9.17) is 4.74 Å². The quantitative estimate of drug-likeness (QED) is 0.542. The number of amides is 1. The van der Waals surface area contributed by atoms with Crippen LogP contribution in [-0.4, -0.2) is 26.4 Å². The molecule has 3 aromatic rings.